The van der Waals surface area contributed by atoms with E-state index in [2.05, 4.69) is 5.32 Å². The number of amides is 1. The molecule has 1 aromatic rings. The van der Waals surface area contributed by atoms with E-state index in [-0.39, 0.29) is 11.8 Å². The van der Waals surface area contributed by atoms with E-state index in [9.17, 15) is 9.59 Å². The van der Waals surface area contributed by atoms with Crippen LogP contribution in [0.2, 0.25) is 0 Å². The lowest BCUT2D eigenvalue weighted by molar-refractivity contribution is -0.145. The highest BCUT2D eigenvalue weighted by molar-refractivity contribution is 5.86. The van der Waals surface area contributed by atoms with Crippen LogP contribution in [0.3, 0.4) is 0 Å². The smallest absolute Gasteiger partial charge is 0.328 e. The van der Waals surface area contributed by atoms with Crippen molar-refractivity contribution in [3.8, 4) is 5.75 Å². The Balaban J connectivity index is 2.01. The largest absolute Gasteiger partial charge is 0.497 e. The van der Waals surface area contributed by atoms with Crippen molar-refractivity contribution >= 4 is 11.9 Å². The number of rotatable bonds is 6. The van der Waals surface area contributed by atoms with E-state index >= 15 is 0 Å². The van der Waals surface area contributed by atoms with Crippen LogP contribution in [0.1, 0.15) is 12.0 Å². The van der Waals surface area contributed by atoms with Gasteiger partial charge in [0.15, 0.2) is 0 Å². The second-order valence-corrected chi connectivity index (χ2v) is 5.20. The average Bonchev–Trinajstić information content (AvgIpc) is 3.08. The first-order valence-corrected chi connectivity index (χ1v) is 7.23. The highest BCUT2D eigenvalue weighted by Crippen LogP contribution is 2.15. The SMILES string of the molecule is COC(=O)[C@H](Cc1ccc(OC)cc1)NC(=O)[C@@H]1CCOC1. The van der Waals surface area contributed by atoms with Crippen molar-refractivity contribution in [3.63, 3.8) is 0 Å². The van der Waals surface area contributed by atoms with E-state index in [0.717, 1.165) is 11.3 Å². The molecule has 6 heteroatoms. The molecule has 6 nitrogen and oxygen atoms in total. The zero-order valence-electron chi connectivity index (χ0n) is 12.8. The normalized spacial score (nSPS) is 18.5. The summed E-state index contributed by atoms with van der Waals surface area (Å²) in [4.78, 5) is 24.0. The highest BCUT2D eigenvalue weighted by Gasteiger charge is 2.28. The third-order valence-electron chi connectivity index (χ3n) is 3.70. The van der Waals surface area contributed by atoms with Crippen molar-refractivity contribution in [3.05, 3.63) is 29.8 Å². The van der Waals surface area contributed by atoms with Gasteiger partial charge >= 0.3 is 5.97 Å². The Hall–Kier alpha value is -2.08. The van der Waals surface area contributed by atoms with Crippen LogP contribution in [0.5, 0.6) is 5.75 Å². The molecule has 0 aliphatic carbocycles. The number of carbonyl (C=O) groups excluding carboxylic acids is 2. The molecular weight excluding hydrogens is 286 g/mol. The molecule has 0 saturated carbocycles. The lowest BCUT2D eigenvalue weighted by Crippen LogP contribution is -2.45. The summed E-state index contributed by atoms with van der Waals surface area (Å²) in [7, 11) is 2.91. The van der Waals surface area contributed by atoms with Crippen LogP contribution in [-0.4, -0.2) is 45.4 Å². The Labute approximate surface area is 129 Å². The summed E-state index contributed by atoms with van der Waals surface area (Å²) >= 11 is 0. The number of ether oxygens (including phenoxy) is 3. The molecule has 120 valence electrons. The summed E-state index contributed by atoms with van der Waals surface area (Å²) in [6, 6.07) is 6.65. The minimum atomic E-state index is -0.702. The summed E-state index contributed by atoms with van der Waals surface area (Å²) < 4.78 is 15.1. The summed E-state index contributed by atoms with van der Waals surface area (Å²) in [6.45, 7) is 0.988. The van der Waals surface area contributed by atoms with Crippen LogP contribution in [0.25, 0.3) is 0 Å². The highest BCUT2D eigenvalue weighted by atomic mass is 16.5. The van der Waals surface area contributed by atoms with Crippen molar-refractivity contribution in [1.29, 1.82) is 0 Å². The van der Waals surface area contributed by atoms with Gasteiger partial charge in [0.25, 0.3) is 0 Å². The topological polar surface area (TPSA) is 73.9 Å². The first-order chi connectivity index (χ1) is 10.6. The van der Waals surface area contributed by atoms with Gasteiger partial charge in [-0.3, -0.25) is 4.79 Å². The lowest BCUT2D eigenvalue weighted by Gasteiger charge is -2.18. The van der Waals surface area contributed by atoms with E-state index in [1.807, 2.05) is 24.3 Å². The summed E-state index contributed by atoms with van der Waals surface area (Å²) in [5, 5.41) is 2.76. The molecule has 1 amide bonds. The van der Waals surface area contributed by atoms with Gasteiger partial charge in [0.05, 0.1) is 26.7 Å². The number of hydrogen-bond donors (Lipinski definition) is 1. The van der Waals surface area contributed by atoms with Gasteiger partial charge in [-0.15, -0.1) is 0 Å². The maximum atomic E-state index is 12.1. The van der Waals surface area contributed by atoms with Crippen LogP contribution in [0, 0.1) is 5.92 Å². The third kappa shape index (κ3) is 4.21. The molecule has 0 aromatic heterocycles. The monoisotopic (exact) mass is 307 g/mol. The average molecular weight is 307 g/mol. The Kier molecular flexibility index (Phi) is 5.77. The maximum Gasteiger partial charge on any atom is 0.328 e. The van der Waals surface area contributed by atoms with Crippen molar-refractivity contribution in [2.75, 3.05) is 27.4 Å². The molecule has 1 aliphatic rings. The molecule has 22 heavy (non-hydrogen) atoms. The molecule has 1 aliphatic heterocycles. The van der Waals surface area contributed by atoms with E-state index in [1.165, 1.54) is 7.11 Å². The number of methoxy groups -OCH3 is 2. The predicted molar refractivity (Wildman–Crippen MR) is 79.6 cm³/mol. The molecule has 0 radical (unpaired) electrons. The van der Waals surface area contributed by atoms with Crippen molar-refractivity contribution < 1.29 is 23.8 Å². The molecule has 1 N–H and O–H groups in total. The molecular formula is C16H21NO5. The third-order valence-corrected chi connectivity index (χ3v) is 3.70. The van der Waals surface area contributed by atoms with Crippen LogP contribution in [0.4, 0.5) is 0 Å². The van der Waals surface area contributed by atoms with Crippen LogP contribution in [0.15, 0.2) is 24.3 Å². The van der Waals surface area contributed by atoms with Gasteiger partial charge < -0.3 is 19.5 Å². The van der Waals surface area contributed by atoms with Crippen molar-refractivity contribution in [2.45, 2.75) is 18.9 Å². The molecule has 1 saturated heterocycles. The van der Waals surface area contributed by atoms with Gasteiger partial charge in [0.1, 0.15) is 11.8 Å². The summed E-state index contributed by atoms with van der Waals surface area (Å²) in [5.74, 6) is -0.0713. The van der Waals surface area contributed by atoms with E-state index in [0.29, 0.717) is 26.1 Å². The number of hydrogen-bond acceptors (Lipinski definition) is 5. The van der Waals surface area contributed by atoms with E-state index in [1.54, 1.807) is 7.11 Å². The van der Waals surface area contributed by atoms with Crippen molar-refractivity contribution in [1.82, 2.24) is 5.32 Å². The Morgan fingerprint density at radius 2 is 2.05 bits per heavy atom. The van der Waals surface area contributed by atoms with Gasteiger partial charge in [-0.05, 0) is 24.1 Å². The van der Waals surface area contributed by atoms with Crippen LogP contribution >= 0.6 is 0 Å². The van der Waals surface area contributed by atoms with Gasteiger partial charge in [-0.25, -0.2) is 4.79 Å². The fourth-order valence-corrected chi connectivity index (χ4v) is 2.36. The first kappa shape index (κ1) is 16.3. The van der Waals surface area contributed by atoms with Crippen LogP contribution in [-0.2, 0) is 25.5 Å². The molecule has 0 unspecified atom stereocenters. The van der Waals surface area contributed by atoms with Crippen LogP contribution < -0.4 is 10.1 Å². The van der Waals surface area contributed by atoms with Gasteiger partial charge in [-0.1, -0.05) is 12.1 Å². The first-order valence-electron chi connectivity index (χ1n) is 7.23. The molecule has 0 spiro atoms. The number of carbonyl (C=O) groups is 2. The minimum Gasteiger partial charge on any atom is -0.497 e. The molecule has 0 bridgehead atoms. The summed E-state index contributed by atoms with van der Waals surface area (Å²) in [6.07, 6.45) is 1.05. The Bertz CT molecular complexity index is 508. The molecule has 1 heterocycles. The zero-order chi connectivity index (χ0) is 15.9. The second kappa shape index (κ2) is 7.79. The summed E-state index contributed by atoms with van der Waals surface area (Å²) in [5.41, 5.74) is 0.916. The number of esters is 1. The Morgan fingerprint density at radius 1 is 1.32 bits per heavy atom. The quantitative estimate of drug-likeness (QED) is 0.792. The van der Waals surface area contributed by atoms with Gasteiger partial charge in [0.2, 0.25) is 5.91 Å². The van der Waals surface area contributed by atoms with E-state index in [4.69, 9.17) is 14.2 Å². The Morgan fingerprint density at radius 3 is 2.59 bits per heavy atom. The van der Waals surface area contributed by atoms with Gasteiger partial charge in [-0.2, -0.15) is 0 Å². The fraction of sp³-hybridized carbons (Fsp3) is 0.500. The molecule has 1 fully saturated rings. The minimum absolute atomic E-state index is 0.165. The van der Waals surface area contributed by atoms with Gasteiger partial charge in [0, 0.05) is 13.0 Å². The van der Waals surface area contributed by atoms with Crippen molar-refractivity contribution in [2.24, 2.45) is 5.92 Å². The fourth-order valence-electron chi connectivity index (χ4n) is 2.36. The molecule has 2 atom stereocenters. The zero-order valence-corrected chi connectivity index (χ0v) is 12.8. The van der Waals surface area contributed by atoms with E-state index < -0.39 is 12.0 Å². The number of benzene rings is 1. The standard InChI is InChI=1S/C16H21NO5/c1-20-13-5-3-11(4-6-13)9-14(16(19)21-2)17-15(18)12-7-8-22-10-12/h3-6,12,14H,7-10H2,1-2H3,(H,17,18)/t12-,14+/m1/s1. The predicted octanol–water partition coefficient (Wildman–Crippen LogP) is 0.932. The second-order valence-electron chi connectivity index (χ2n) is 5.20. The molecule has 1 aromatic carbocycles. The lowest BCUT2D eigenvalue weighted by atomic mass is 10.0. The maximum absolute atomic E-state index is 12.1. The number of nitrogens with one attached hydrogen (secondary N) is 1. The molecule has 2 rings (SSSR count).